The largest absolute Gasteiger partial charge is 0.394 e. The third-order valence-electron chi connectivity index (χ3n) is 3.03. The molecule has 0 spiro atoms. The zero-order valence-electron chi connectivity index (χ0n) is 11.0. The summed E-state index contributed by atoms with van der Waals surface area (Å²) in [5.74, 6) is -0.261. The van der Waals surface area contributed by atoms with Gasteiger partial charge >= 0.3 is 0 Å². The van der Waals surface area contributed by atoms with E-state index in [-0.39, 0.29) is 19.1 Å². The number of carbonyl (C=O) groups excluding carboxylic acids is 1. The molecule has 1 atom stereocenters. The van der Waals surface area contributed by atoms with E-state index in [1.54, 1.807) is 18.2 Å². The fraction of sp³-hybridized carbons (Fsp3) is 0.462. The molecule has 1 amide bonds. The smallest absolute Gasteiger partial charge is 0.238 e. The number of halogens is 2. The molecule has 106 valence electrons. The van der Waals surface area contributed by atoms with Gasteiger partial charge in [-0.05, 0) is 25.5 Å². The number of amides is 1. The van der Waals surface area contributed by atoms with Crippen molar-refractivity contribution in [3.05, 3.63) is 28.2 Å². The molecule has 0 radical (unpaired) electrons. The van der Waals surface area contributed by atoms with Crippen LogP contribution >= 0.6 is 23.2 Å². The molecule has 0 aliphatic carbocycles. The van der Waals surface area contributed by atoms with E-state index in [2.05, 4.69) is 10.6 Å². The molecule has 0 aliphatic rings. The van der Waals surface area contributed by atoms with Crippen molar-refractivity contribution in [3.63, 3.8) is 0 Å². The lowest BCUT2D eigenvalue weighted by Gasteiger charge is -2.27. The van der Waals surface area contributed by atoms with Gasteiger partial charge in [-0.15, -0.1) is 0 Å². The zero-order chi connectivity index (χ0) is 14.5. The van der Waals surface area contributed by atoms with Crippen molar-refractivity contribution >= 4 is 34.8 Å². The van der Waals surface area contributed by atoms with Gasteiger partial charge in [0.25, 0.3) is 0 Å². The Labute approximate surface area is 123 Å². The molecule has 0 bridgehead atoms. The first-order valence-corrected chi connectivity index (χ1v) is 6.77. The average molecular weight is 305 g/mol. The number of rotatable bonds is 6. The molecule has 0 saturated carbocycles. The van der Waals surface area contributed by atoms with Crippen LogP contribution in [0.5, 0.6) is 0 Å². The summed E-state index contributed by atoms with van der Waals surface area (Å²) in [7, 11) is 0. The quantitative estimate of drug-likeness (QED) is 0.757. The Morgan fingerprint density at radius 1 is 1.37 bits per heavy atom. The van der Waals surface area contributed by atoms with E-state index in [0.29, 0.717) is 22.2 Å². The molecular weight excluding hydrogens is 287 g/mol. The van der Waals surface area contributed by atoms with Crippen LogP contribution in [0.25, 0.3) is 0 Å². The lowest BCUT2D eigenvalue weighted by molar-refractivity contribution is -0.115. The molecule has 0 heterocycles. The predicted molar refractivity (Wildman–Crippen MR) is 78.9 cm³/mol. The Hall–Kier alpha value is -0.810. The molecule has 19 heavy (non-hydrogen) atoms. The van der Waals surface area contributed by atoms with Gasteiger partial charge in [0.15, 0.2) is 0 Å². The Bertz CT molecular complexity index is 428. The second-order valence-electron chi connectivity index (χ2n) is 4.57. The van der Waals surface area contributed by atoms with E-state index >= 15 is 0 Å². The summed E-state index contributed by atoms with van der Waals surface area (Å²) in [5.41, 5.74) is -0.0680. The van der Waals surface area contributed by atoms with Gasteiger partial charge in [-0.2, -0.15) is 0 Å². The standard InChI is InChI=1S/C13H18Cl2N2O2/c1-3-13(2,8-18)16-7-11(19)17-12-9(14)5-4-6-10(12)15/h4-6,16,18H,3,7-8H2,1-2H3,(H,17,19). The van der Waals surface area contributed by atoms with Crippen molar-refractivity contribution in [2.75, 3.05) is 18.5 Å². The summed E-state index contributed by atoms with van der Waals surface area (Å²) in [6.07, 6.45) is 0.712. The summed E-state index contributed by atoms with van der Waals surface area (Å²) < 4.78 is 0. The number of aliphatic hydroxyl groups excluding tert-OH is 1. The maximum atomic E-state index is 11.8. The number of para-hydroxylation sites is 1. The summed E-state index contributed by atoms with van der Waals surface area (Å²) >= 11 is 11.9. The highest BCUT2D eigenvalue weighted by molar-refractivity contribution is 6.39. The van der Waals surface area contributed by atoms with Crippen LogP contribution in [0.4, 0.5) is 5.69 Å². The zero-order valence-corrected chi connectivity index (χ0v) is 12.5. The van der Waals surface area contributed by atoms with E-state index in [9.17, 15) is 9.90 Å². The number of hydrogen-bond donors (Lipinski definition) is 3. The van der Waals surface area contributed by atoms with Crippen molar-refractivity contribution in [1.29, 1.82) is 0 Å². The van der Waals surface area contributed by atoms with Crippen LogP contribution < -0.4 is 10.6 Å². The minimum Gasteiger partial charge on any atom is -0.394 e. The third-order valence-corrected chi connectivity index (χ3v) is 3.66. The number of benzene rings is 1. The molecule has 1 aromatic carbocycles. The van der Waals surface area contributed by atoms with Gasteiger partial charge in [-0.1, -0.05) is 36.2 Å². The molecule has 0 aliphatic heterocycles. The average Bonchev–Trinajstić information content (AvgIpc) is 2.40. The normalized spacial score (nSPS) is 13.9. The Balaban J connectivity index is 2.61. The number of anilines is 1. The summed E-state index contributed by atoms with van der Waals surface area (Å²) in [5, 5.41) is 15.7. The first kappa shape index (κ1) is 16.2. The van der Waals surface area contributed by atoms with Crippen molar-refractivity contribution in [1.82, 2.24) is 5.32 Å². The summed E-state index contributed by atoms with van der Waals surface area (Å²) in [6.45, 7) is 3.82. The highest BCUT2D eigenvalue weighted by Gasteiger charge is 2.21. The fourth-order valence-corrected chi connectivity index (χ4v) is 1.88. The highest BCUT2D eigenvalue weighted by Crippen LogP contribution is 2.29. The molecule has 1 unspecified atom stereocenters. The minimum absolute atomic E-state index is 0.0381. The number of aliphatic hydroxyl groups is 1. The Morgan fingerprint density at radius 2 is 1.95 bits per heavy atom. The number of nitrogens with one attached hydrogen (secondary N) is 2. The van der Waals surface area contributed by atoms with Gasteiger partial charge in [0.05, 0.1) is 28.9 Å². The van der Waals surface area contributed by atoms with Crippen LogP contribution in [-0.2, 0) is 4.79 Å². The summed E-state index contributed by atoms with van der Waals surface area (Å²) in [6, 6.07) is 5.01. The first-order chi connectivity index (χ1) is 8.91. The second kappa shape index (κ2) is 7.10. The second-order valence-corrected chi connectivity index (χ2v) is 5.39. The predicted octanol–water partition coefficient (Wildman–Crippen LogP) is 2.68. The Kier molecular flexibility index (Phi) is 6.07. The van der Waals surface area contributed by atoms with Gasteiger partial charge in [-0.3, -0.25) is 4.79 Å². The molecular formula is C13H18Cl2N2O2. The van der Waals surface area contributed by atoms with E-state index in [4.69, 9.17) is 23.2 Å². The van der Waals surface area contributed by atoms with Gasteiger partial charge in [0.1, 0.15) is 0 Å². The first-order valence-electron chi connectivity index (χ1n) is 6.01. The van der Waals surface area contributed by atoms with E-state index in [1.807, 2.05) is 13.8 Å². The molecule has 0 saturated heterocycles. The molecule has 3 N–H and O–H groups in total. The van der Waals surface area contributed by atoms with E-state index in [0.717, 1.165) is 0 Å². The molecule has 6 heteroatoms. The molecule has 4 nitrogen and oxygen atoms in total. The number of hydrogen-bond acceptors (Lipinski definition) is 3. The van der Waals surface area contributed by atoms with Gasteiger partial charge in [-0.25, -0.2) is 0 Å². The van der Waals surface area contributed by atoms with Crippen LogP contribution in [0.2, 0.25) is 10.0 Å². The lowest BCUT2D eigenvalue weighted by atomic mass is 10.0. The maximum Gasteiger partial charge on any atom is 0.238 e. The van der Waals surface area contributed by atoms with Crippen molar-refractivity contribution in [2.45, 2.75) is 25.8 Å². The molecule has 0 aromatic heterocycles. The van der Waals surface area contributed by atoms with Crippen LogP contribution in [0.15, 0.2) is 18.2 Å². The van der Waals surface area contributed by atoms with Gasteiger partial charge in [0, 0.05) is 5.54 Å². The molecule has 1 aromatic rings. The monoisotopic (exact) mass is 304 g/mol. The molecule has 0 fully saturated rings. The van der Waals surface area contributed by atoms with E-state index in [1.165, 1.54) is 0 Å². The fourth-order valence-electron chi connectivity index (χ4n) is 1.39. The van der Waals surface area contributed by atoms with Gasteiger partial charge < -0.3 is 15.7 Å². The van der Waals surface area contributed by atoms with Crippen LogP contribution in [0, 0.1) is 0 Å². The lowest BCUT2D eigenvalue weighted by Crippen LogP contribution is -2.48. The highest BCUT2D eigenvalue weighted by atomic mass is 35.5. The third kappa shape index (κ3) is 4.66. The van der Waals surface area contributed by atoms with E-state index < -0.39 is 5.54 Å². The van der Waals surface area contributed by atoms with Crippen molar-refractivity contribution < 1.29 is 9.90 Å². The van der Waals surface area contributed by atoms with Crippen LogP contribution in [-0.4, -0.2) is 29.7 Å². The van der Waals surface area contributed by atoms with Crippen molar-refractivity contribution in [3.8, 4) is 0 Å². The van der Waals surface area contributed by atoms with Gasteiger partial charge in [0.2, 0.25) is 5.91 Å². The SMILES string of the molecule is CCC(C)(CO)NCC(=O)Nc1c(Cl)cccc1Cl. The van der Waals surface area contributed by atoms with Crippen LogP contribution in [0.1, 0.15) is 20.3 Å². The topological polar surface area (TPSA) is 61.4 Å². The van der Waals surface area contributed by atoms with Crippen molar-refractivity contribution in [2.24, 2.45) is 0 Å². The Morgan fingerprint density at radius 3 is 2.42 bits per heavy atom. The molecule has 1 rings (SSSR count). The number of carbonyl (C=O) groups is 1. The summed E-state index contributed by atoms with van der Waals surface area (Å²) in [4.78, 5) is 11.8. The maximum absolute atomic E-state index is 11.8. The minimum atomic E-state index is -0.471. The van der Waals surface area contributed by atoms with Crippen LogP contribution in [0.3, 0.4) is 0 Å².